The summed E-state index contributed by atoms with van der Waals surface area (Å²) in [5.74, 6) is 0.635. The quantitative estimate of drug-likeness (QED) is 0.552. The molecule has 0 saturated carbocycles. The van der Waals surface area contributed by atoms with Crippen LogP contribution in [-0.4, -0.2) is 30.2 Å². The Morgan fingerprint density at radius 3 is 2.86 bits per heavy atom. The molecule has 0 unspecified atom stereocenters. The van der Waals surface area contributed by atoms with Crippen LogP contribution in [0.1, 0.15) is 11.4 Å². The molecule has 2 N–H and O–H groups in total. The molecule has 0 spiro atoms. The number of nitrogens with zero attached hydrogens (tertiary/aromatic N) is 5. The van der Waals surface area contributed by atoms with Gasteiger partial charge in [-0.05, 0) is 35.9 Å². The summed E-state index contributed by atoms with van der Waals surface area (Å²) in [7, 11) is 0. The lowest BCUT2D eigenvalue weighted by Crippen LogP contribution is -2.29. The average Bonchev–Trinajstić information content (AvgIpc) is 3.12. The standard InChI is InChI=1S/C19H17N7O2/c27-18(21-12-17-24-23-16-7-1-2-10-26(16)17)22-15-6-3-5-14(11-15)13-25-9-4-8-20-19(25)28/h1-11H,12-13H2,(H2,21,22,27). The first-order chi connectivity index (χ1) is 13.7. The molecule has 3 heterocycles. The van der Waals surface area contributed by atoms with Gasteiger partial charge in [0.05, 0.1) is 13.1 Å². The molecule has 140 valence electrons. The molecule has 0 atom stereocenters. The van der Waals surface area contributed by atoms with E-state index in [0.717, 1.165) is 11.2 Å². The van der Waals surface area contributed by atoms with E-state index < -0.39 is 0 Å². The van der Waals surface area contributed by atoms with E-state index >= 15 is 0 Å². The number of hydrogen-bond acceptors (Lipinski definition) is 5. The van der Waals surface area contributed by atoms with Crippen molar-refractivity contribution in [3.05, 3.63) is 89.0 Å². The predicted octanol–water partition coefficient (Wildman–Crippen LogP) is 1.66. The highest BCUT2D eigenvalue weighted by Crippen LogP contribution is 2.11. The van der Waals surface area contributed by atoms with Gasteiger partial charge in [-0.2, -0.15) is 0 Å². The Balaban J connectivity index is 1.39. The molecular formula is C19H17N7O2. The predicted molar refractivity (Wildman–Crippen MR) is 103 cm³/mol. The number of carbonyl (C=O) groups is 1. The fraction of sp³-hybridized carbons (Fsp3) is 0.105. The van der Waals surface area contributed by atoms with Crippen molar-refractivity contribution in [3.8, 4) is 0 Å². The number of amides is 2. The Morgan fingerprint density at radius 1 is 1.04 bits per heavy atom. The van der Waals surface area contributed by atoms with Crippen LogP contribution in [0, 0.1) is 0 Å². The van der Waals surface area contributed by atoms with Gasteiger partial charge in [-0.3, -0.25) is 8.97 Å². The molecule has 0 bridgehead atoms. The zero-order valence-corrected chi connectivity index (χ0v) is 14.8. The summed E-state index contributed by atoms with van der Waals surface area (Å²) in [5.41, 5.74) is 1.89. The molecular weight excluding hydrogens is 358 g/mol. The first kappa shape index (κ1) is 17.4. The van der Waals surface area contributed by atoms with Crippen molar-refractivity contribution in [3.63, 3.8) is 0 Å². The lowest BCUT2D eigenvalue weighted by atomic mass is 10.2. The Bertz CT molecular complexity index is 1180. The van der Waals surface area contributed by atoms with Crippen LogP contribution >= 0.6 is 0 Å². The van der Waals surface area contributed by atoms with E-state index in [1.807, 2.05) is 47.0 Å². The molecule has 0 saturated heterocycles. The second-order valence-electron chi connectivity index (χ2n) is 6.08. The summed E-state index contributed by atoms with van der Waals surface area (Å²) in [6.45, 7) is 0.608. The van der Waals surface area contributed by atoms with Crippen molar-refractivity contribution in [2.45, 2.75) is 13.1 Å². The minimum atomic E-state index is -0.358. The fourth-order valence-electron chi connectivity index (χ4n) is 2.80. The van der Waals surface area contributed by atoms with Crippen LogP contribution < -0.4 is 16.3 Å². The van der Waals surface area contributed by atoms with Crippen LogP contribution in [-0.2, 0) is 13.1 Å². The molecule has 1 aromatic carbocycles. The third-order valence-corrected chi connectivity index (χ3v) is 4.11. The van der Waals surface area contributed by atoms with Crippen LogP contribution in [0.4, 0.5) is 10.5 Å². The number of hydrogen-bond donors (Lipinski definition) is 2. The number of benzene rings is 1. The fourth-order valence-corrected chi connectivity index (χ4v) is 2.80. The Labute approximate surface area is 159 Å². The molecule has 0 aliphatic heterocycles. The van der Waals surface area contributed by atoms with Gasteiger partial charge in [0.15, 0.2) is 11.5 Å². The number of urea groups is 1. The van der Waals surface area contributed by atoms with Gasteiger partial charge < -0.3 is 10.6 Å². The normalized spacial score (nSPS) is 10.7. The molecule has 9 heteroatoms. The summed E-state index contributed by atoms with van der Waals surface area (Å²) >= 11 is 0. The molecule has 28 heavy (non-hydrogen) atoms. The van der Waals surface area contributed by atoms with Crippen molar-refractivity contribution in [1.29, 1.82) is 0 Å². The van der Waals surface area contributed by atoms with E-state index in [4.69, 9.17) is 0 Å². The van der Waals surface area contributed by atoms with E-state index in [-0.39, 0.29) is 18.3 Å². The molecule has 0 aliphatic carbocycles. The van der Waals surface area contributed by atoms with Crippen molar-refractivity contribution in [2.75, 3.05) is 5.32 Å². The first-order valence-electron chi connectivity index (χ1n) is 8.63. The smallest absolute Gasteiger partial charge is 0.331 e. The number of aromatic nitrogens is 5. The molecule has 2 amide bonds. The minimum absolute atomic E-state index is 0.238. The van der Waals surface area contributed by atoms with Gasteiger partial charge in [0, 0.05) is 24.3 Å². The first-order valence-corrected chi connectivity index (χ1v) is 8.63. The van der Waals surface area contributed by atoms with Crippen molar-refractivity contribution < 1.29 is 4.79 Å². The molecule has 4 aromatic rings. The van der Waals surface area contributed by atoms with Gasteiger partial charge in [0.25, 0.3) is 0 Å². The van der Waals surface area contributed by atoms with Gasteiger partial charge in [0.1, 0.15) is 0 Å². The zero-order chi connectivity index (χ0) is 19.3. The average molecular weight is 375 g/mol. The SMILES string of the molecule is O=C(NCc1nnc2ccccn12)Nc1cccc(Cn2cccnc2=O)c1. The third-order valence-electron chi connectivity index (χ3n) is 4.11. The number of pyridine rings is 1. The van der Waals surface area contributed by atoms with Crippen molar-refractivity contribution in [2.24, 2.45) is 0 Å². The molecule has 0 radical (unpaired) electrons. The van der Waals surface area contributed by atoms with E-state index in [1.165, 1.54) is 10.8 Å². The van der Waals surface area contributed by atoms with Crippen molar-refractivity contribution >= 4 is 17.4 Å². The second-order valence-corrected chi connectivity index (χ2v) is 6.08. The second kappa shape index (κ2) is 7.70. The van der Waals surface area contributed by atoms with Gasteiger partial charge in [0.2, 0.25) is 0 Å². The van der Waals surface area contributed by atoms with Crippen LogP contribution in [0.2, 0.25) is 0 Å². The number of anilines is 1. The van der Waals surface area contributed by atoms with Crippen LogP contribution in [0.5, 0.6) is 0 Å². The van der Waals surface area contributed by atoms with E-state index in [0.29, 0.717) is 18.1 Å². The highest BCUT2D eigenvalue weighted by atomic mass is 16.2. The minimum Gasteiger partial charge on any atom is -0.331 e. The maximum absolute atomic E-state index is 12.2. The van der Waals surface area contributed by atoms with E-state index in [9.17, 15) is 9.59 Å². The largest absolute Gasteiger partial charge is 0.347 e. The Kier molecular flexibility index (Phi) is 4.79. The highest BCUT2D eigenvalue weighted by molar-refractivity contribution is 5.89. The van der Waals surface area contributed by atoms with Gasteiger partial charge in [-0.25, -0.2) is 14.6 Å². The van der Waals surface area contributed by atoms with Gasteiger partial charge >= 0.3 is 11.7 Å². The summed E-state index contributed by atoms with van der Waals surface area (Å²) < 4.78 is 3.31. The maximum atomic E-state index is 12.2. The molecule has 4 rings (SSSR count). The molecule has 0 aliphatic rings. The number of rotatable bonds is 5. The third kappa shape index (κ3) is 3.88. The van der Waals surface area contributed by atoms with Gasteiger partial charge in [-0.1, -0.05) is 18.2 Å². The van der Waals surface area contributed by atoms with Crippen LogP contribution in [0.15, 0.2) is 71.9 Å². The zero-order valence-electron chi connectivity index (χ0n) is 14.8. The van der Waals surface area contributed by atoms with Gasteiger partial charge in [-0.15, -0.1) is 10.2 Å². The Hall–Kier alpha value is -4.01. The monoisotopic (exact) mass is 375 g/mol. The number of fused-ring (bicyclic) bond motifs is 1. The Morgan fingerprint density at radius 2 is 1.96 bits per heavy atom. The summed E-state index contributed by atoms with van der Waals surface area (Å²) in [6.07, 6.45) is 4.97. The highest BCUT2D eigenvalue weighted by Gasteiger charge is 2.07. The number of carbonyl (C=O) groups excluding carboxylic acids is 1. The lowest BCUT2D eigenvalue weighted by molar-refractivity contribution is 0.251. The molecule has 9 nitrogen and oxygen atoms in total. The van der Waals surface area contributed by atoms with E-state index in [2.05, 4.69) is 25.8 Å². The maximum Gasteiger partial charge on any atom is 0.347 e. The topological polar surface area (TPSA) is 106 Å². The lowest BCUT2D eigenvalue weighted by Gasteiger charge is -2.09. The molecule has 3 aromatic heterocycles. The summed E-state index contributed by atoms with van der Waals surface area (Å²) in [6, 6.07) is 14.2. The molecule has 0 fully saturated rings. The summed E-state index contributed by atoms with van der Waals surface area (Å²) in [5, 5.41) is 13.7. The van der Waals surface area contributed by atoms with E-state index in [1.54, 1.807) is 18.3 Å². The van der Waals surface area contributed by atoms with Crippen LogP contribution in [0.3, 0.4) is 0 Å². The van der Waals surface area contributed by atoms with Crippen molar-refractivity contribution in [1.82, 2.24) is 29.5 Å². The van der Waals surface area contributed by atoms with Crippen LogP contribution in [0.25, 0.3) is 5.65 Å². The summed E-state index contributed by atoms with van der Waals surface area (Å²) in [4.78, 5) is 27.7. The number of nitrogens with one attached hydrogen (secondary N) is 2.